The zero-order valence-electron chi connectivity index (χ0n) is 5.80. The van der Waals surface area contributed by atoms with Crippen LogP contribution >= 0.6 is 11.8 Å². The SMILES string of the molecule is O=C1CC2=C(N1)N(Cl)CC=C2. The van der Waals surface area contributed by atoms with Crippen LogP contribution in [0.15, 0.2) is 23.5 Å². The summed E-state index contributed by atoms with van der Waals surface area (Å²) in [6, 6.07) is 0. The molecule has 1 amide bonds. The fourth-order valence-electron chi connectivity index (χ4n) is 1.25. The summed E-state index contributed by atoms with van der Waals surface area (Å²) in [5.74, 6) is 0.770. The highest BCUT2D eigenvalue weighted by Gasteiger charge is 2.24. The van der Waals surface area contributed by atoms with Crippen LogP contribution in [0.1, 0.15) is 6.42 Å². The van der Waals surface area contributed by atoms with E-state index < -0.39 is 0 Å². The van der Waals surface area contributed by atoms with Crippen molar-refractivity contribution >= 4 is 17.7 Å². The second kappa shape index (κ2) is 2.27. The van der Waals surface area contributed by atoms with Crippen molar-refractivity contribution in [1.82, 2.24) is 9.74 Å². The quantitative estimate of drug-likeness (QED) is 0.544. The summed E-state index contributed by atoms with van der Waals surface area (Å²) < 4.78 is 1.51. The summed E-state index contributed by atoms with van der Waals surface area (Å²) in [4.78, 5) is 10.9. The van der Waals surface area contributed by atoms with Gasteiger partial charge < -0.3 is 5.32 Å². The first-order chi connectivity index (χ1) is 5.27. The molecule has 2 aliphatic rings. The van der Waals surface area contributed by atoms with E-state index in [2.05, 4.69) is 5.32 Å². The topological polar surface area (TPSA) is 32.3 Å². The van der Waals surface area contributed by atoms with Gasteiger partial charge in [0.15, 0.2) is 0 Å². The van der Waals surface area contributed by atoms with Crippen molar-refractivity contribution in [1.29, 1.82) is 0 Å². The summed E-state index contributed by atoms with van der Waals surface area (Å²) in [5, 5.41) is 2.69. The van der Waals surface area contributed by atoms with Gasteiger partial charge in [-0.2, -0.15) is 0 Å². The standard InChI is InChI=1S/C7H7ClN2O/c8-10-3-1-2-5-4-6(11)9-7(5)10/h1-2H,3-4H2,(H,9,11). The van der Waals surface area contributed by atoms with E-state index >= 15 is 0 Å². The van der Waals surface area contributed by atoms with Crippen LogP contribution in [0.25, 0.3) is 0 Å². The number of carbonyl (C=O) groups excluding carboxylic acids is 1. The molecule has 0 fully saturated rings. The minimum Gasteiger partial charge on any atom is -0.311 e. The molecule has 0 aromatic rings. The zero-order valence-corrected chi connectivity index (χ0v) is 6.56. The molecular weight excluding hydrogens is 164 g/mol. The third-order valence-electron chi connectivity index (χ3n) is 1.74. The Labute approximate surface area is 69.4 Å². The molecule has 0 saturated heterocycles. The molecule has 2 aliphatic heterocycles. The average Bonchev–Trinajstić information content (AvgIpc) is 2.31. The first kappa shape index (κ1) is 6.73. The molecule has 0 atom stereocenters. The largest absolute Gasteiger partial charge is 0.311 e. The Bertz CT molecular complexity index is 270. The lowest BCUT2D eigenvalue weighted by Crippen LogP contribution is -2.26. The van der Waals surface area contributed by atoms with E-state index in [0.29, 0.717) is 13.0 Å². The summed E-state index contributed by atoms with van der Waals surface area (Å²) >= 11 is 5.79. The molecular formula is C7H7ClN2O. The van der Waals surface area contributed by atoms with Gasteiger partial charge in [-0.15, -0.1) is 0 Å². The number of nitrogens with one attached hydrogen (secondary N) is 1. The number of amides is 1. The van der Waals surface area contributed by atoms with Crippen molar-refractivity contribution in [2.75, 3.05) is 6.54 Å². The number of carbonyl (C=O) groups is 1. The van der Waals surface area contributed by atoms with E-state index in [4.69, 9.17) is 11.8 Å². The molecule has 0 radical (unpaired) electrons. The third-order valence-corrected chi connectivity index (χ3v) is 2.05. The number of halogens is 1. The maximum Gasteiger partial charge on any atom is 0.230 e. The van der Waals surface area contributed by atoms with E-state index in [1.165, 1.54) is 4.42 Å². The van der Waals surface area contributed by atoms with Gasteiger partial charge in [0.1, 0.15) is 5.82 Å². The monoisotopic (exact) mass is 170 g/mol. The van der Waals surface area contributed by atoms with Gasteiger partial charge in [-0.25, -0.2) is 0 Å². The smallest absolute Gasteiger partial charge is 0.230 e. The second-order valence-electron chi connectivity index (χ2n) is 2.55. The van der Waals surface area contributed by atoms with Crippen LogP contribution in [-0.2, 0) is 4.79 Å². The van der Waals surface area contributed by atoms with Gasteiger partial charge in [0.25, 0.3) is 0 Å². The number of allylic oxidation sites excluding steroid dienone is 1. The predicted octanol–water partition coefficient (Wildman–Crippen LogP) is 0.743. The maximum atomic E-state index is 10.9. The lowest BCUT2D eigenvalue weighted by Gasteiger charge is -2.18. The minimum atomic E-state index is 0.0206. The van der Waals surface area contributed by atoms with Gasteiger partial charge in [-0.1, -0.05) is 12.2 Å². The molecule has 11 heavy (non-hydrogen) atoms. The van der Waals surface area contributed by atoms with Crippen LogP contribution < -0.4 is 5.32 Å². The molecule has 4 heteroatoms. The Kier molecular flexibility index (Phi) is 1.39. The fourth-order valence-corrected chi connectivity index (χ4v) is 1.48. The summed E-state index contributed by atoms with van der Waals surface area (Å²) in [6.07, 6.45) is 4.33. The van der Waals surface area contributed by atoms with Crippen LogP contribution in [0.3, 0.4) is 0 Å². The number of hydrogen-bond donors (Lipinski definition) is 1. The molecule has 0 unspecified atom stereocenters. The number of nitrogens with zero attached hydrogens (tertiary/aromatic N) is 1. The molecule has 0 bridgehead atoms. The molecule has 0 aromatic carbocycles. The summed E-state index contributed by atoms with van der Waals surface area (Å²) in [7, 11) is 0. The van der Waals surface area contributed by atoms with Gasteiger partial charge in [0.05, 0.1) is 13.0 Å². The average molecular weight is 171 g/mol. The van der Waals surface area contributed by atoms with Crippen molar-refractivity contribution in [3.8, 4) is 0 Å². The van der Waals surface area contributed by atoms with E-state index in [-0.39, 0.29) is 5.91 Å². The Balaban J connectivity index is 2.32. The second-order valence-corrected chi connectivity index (χ2v) is 2.95. The van der Waals surface area contributed by atoms with Crippen molar-refractivity contribution in [2.24, 2.45) is 0 Å². The Morgan fingerprint density at radius 2 is 2.45 bits per heavy atom. The van der Waals surface area contributed by atoms with Crippen LogP contribution in [0, 0.1) is 0 Å². The van der Waals surface area contributed by atoms with Crippen molar-refractivity contribution < 1.29 is 4.79 Å². The van der Waals surface area contributed by atoms with E-state index in [0.717, 1.165) is 11.4 Å². The zero-order chi connectivity index (χ0) is 7.84. The Morgan fingerprint density at radius 1 is 1.64 bits per heavy atom. The van der Waals surface area contributed by atoms with Gasteiger partial charge >= 0.3 is 0 Å². The van der Waals surface area contributed by atoms with Gasteiger partial charge in [0.2, 0.25) is 5.91 Å². The molecule has 0 aromatic heterocycles. The third kappa shape index (κ3) is 1.01. The molecule has 1 N–H and O–H groups in total. The summed E-state index contributed by atoms with van der Waals surface area (Å²) in [5.41, 5.74) is 0.983. The summed E-state index contributed by atoms with van der Waals surface area (Å²) in [6.45, 7) is 0.653. The van der Waals surface area contributed by atoms with Gasteiger partial charge in [-0.05, 0) is 0 Å². The van der Waals surface area contributed by atoms with Gasteiger partial charge in [-0.3, -0.25) is 9.21 Å². The van der Waals surface area contributed by atoms with Crippen molar-refractivity contribution in [3.05, 3.63) is 23.5 Å². The van der Waals surface area contributed by atoms with E-state index in [9.17, 15) is 4.79 Å². The minimum absolute atomic E-state index is 0.0206. The lowest BCUT2D eigenvalue weighted by atomic mass is 10.2. The van der Waals surface area contributed by atoms with Crippen LogP contribution in [-0.4, -0.2) is 16.9 Å². The molecule has 0 aliphatic carbocycles. The van der Waals surface area contributed by atoms with Crippen molar-refractivity contribution in [2.45, 2.75) is 6.42 Å². The molecule has 2 heterocycles. The molecule has 0 saturated carbocycles. The molecule has 0 spiro atoms. The van der Waals surface area contributed by atoms with Crippen LogP contribution in [0.5, 0.6) is 0 Å². The maximum absolute atomic E-state index is 10.9. The number of rotatable bonds is 0. The highest BCUT2D eigenvalue weighted by Crippen LogP contribution is 2.23. The highest BCUT2D eigenvalue weighted by molar-refractivity contribution is 6.15. The van der Waals surface area contributed by atoms with E-state index in [1.807, 2.05) is 12.2 Å². The first-order valence-electron chi connectivity index (χ1n) is 3.40. The molecule has 2 rings (SSSR count). The number of hydrogen-bond acceptors (Lipinski definition) is 2. The van der Waals surface area contributed by atoms with E-state index in [1.54, 1.807) is 0 Å². The predicted molar refractivity (Wildman–Crippen MR) is 41.5 cm³/mol. The van der Waals surface area contributed by atoms with Crippen LogP contribution in [0.4, 0.5) is 0 Å². The molecule has 58 valence electrons. The highest BCUT2D eigenvalue weighted by atomic mass is 35.5. The van der Waals surface area contributed by atoms with Crippen LogP contribution in [0.2, 0.25) is 0 Å². The first-order valence-corrected chi connectivity index (χ1v) is 3.74. The normalized spacial score (nSPS) is 22.3. The Hall–Kier alpha value is -0.960. The Morgan fingerprint density at radius 3 is 3.18 bits per heavy atom. The van der Waals surface area contributed by atoms with Crippen molar-refractivity contribution in [3.63, 3.8) is 0 Å². The lowest BCUT2D eigenvalue weighted by molar-refractivity contribution is -0.119. The molecule has 3 nitrogen and oxygen atoms in total. The van der Waals surface area contributed by atoms with Gasteiger partial charge in [0, 0.05) is 17.3 Å². The fraction of sp³-hybridized carbons (Fsp3) is 0.286.